The van der Waals surface area contributed by atoms with Gasteiger partial charge in [0.1, 0.15) is 6.29 Å². The van der Waals surface area contributed by atoms with Crippen molar-refractivity contribution in [3.63, 3.8) is 0 Å². The van der Waals surface area contributed by atoms with Gasteiger partial charge in [-0.1, -0.05) is 6.92 Å². The Kier molecular flexibility index (Phi) is 7.41. The largest absolute Gasteiger partial charge is 0.396 e. The average Bonchev–Trinajstić information content (AvgIpc) is 2.05. The summed E-state index contributed by atoms with van der Waals surface area (Å²) in [6.45, 7) is 3.02. The maximum atomic E-state index is 10.3. The molecule has 0 aromatic carbocycles. The number of aldehydes is 1. The summed E-state index contributed by atoms with van der Waals surface area (Å²) < 4.78 is 0. The molecule has 11 heavy (non-hydrogen) atoms. The van der Waals surface area contributed by atoms with Gasteiger partial charge in [0.05, 0.1) is 6.04 Å². The minimum Gasteiger partial charge on any atom is -0.396 e. The van der Waals surface area contributed by atoms with Gasteiger partial charge in [0.15, 0.2) is 0 Å². The molecule has 1 atom stereocenters. The number of nitrogens with one attached hydrogen (secondary N) is 1. The molecule has 0 aromatic heterocycles. The van der Waals surface area contributed by atoms with Crippen molar-refractivity contribution in [3.05, 3.63) is 0 Å². The van der Waals surface area contributed by atoms with E-state index in [1.54, 1.807) is 0 Å². The van der Waals surface area contributed by atoms with Crippen LogP contribution in [0.5, 0.6) is 0 Å². The number of aliphatic hydroxyl groups is 1. The Labute approximate surface area is 67.8 Å². The predicted octanol–water partition coefficient (Wildman–Crippen LogP) is 0.326. The smallest absolute Gasteiger partial charge is 0.136 e. The molecule has 0 aliphatic carbocycles. The van der Waals surface area contributed by atoms with Crippen LogP contribution in [0.15, 0.2) is 0 Å². The third kappa shape index (κ3) is 6.01. The Bertz CT molecular complexity index is 96.1. The molecule has 3 heteroatoms. The van der Waals surface area contributed by atoms with E-state index in [4.69, 9.17) is 5.11 Å². The second kappa shape index (κ2) is 7.69. The summed E-state index contributed by atoms with van der Waals surface area (Å²) in [6.07, 6.45) is 3.50. The molecule has 0 amide bonds. The van der Waals surface area contributed by atoms with Gasteiger partial charge in [-0.2, -0.15) is 0 Å². The van der Waals surface area contributed by atoms with Gasteiger partial charge in [-0.05, 0) is 25.8 Å². The second-order valence-corrected chi connectivity index (χ2v) is 2.54. The van der Waals surface area contributed by atoms with Gasteiger partial charge in [0.25, 0.3) is 0 Å². The van der Waals surface area contributed by atoms with Crippen LogP contribution in [-0.4, -0.2) is 30.6 Å². The zero-order chi connectivity index (χ0) is 8.53. The van der Waals surface area contributed by atoms with E-state index in [-0.39, 0.29) is 12.6 Å². The highest BCUT2D eigenvalue weighted by atomic mass is 16.2. The lowest BCUT2D eigenvalue weighted by atomic mass is 10.2. The molecule has 0 saturated heterocycles. The van der Waals surface area contributed by atoms with E-state index in [0.29, 0.717) is 0 Å². The maximum absolute atomic E-state index is 10.3. The third-order valence-corrected chi connectivity index (χ3v) is 1.60. The van der Waals surface area contributed by atoms with Gasteiger partial charge in [-0.25, -0.2) is 0 Å². The zero-order valence-electron chi connectivity index (χ0n) is 7.05. The van der Waals surface area contributed by atoms with Crippen LogP contribution in [0.2, 0.25) is 0 Å². The van der Waals surface area contributed by atoms with Crippen molar-refractivity contribution in [1.82, 2.24) is 5.32 Å². The lowest BCUT2D eigenvalue weighted by Gasteiger charge is -2.08. The minimum atomic E-state index is -0.00584. The monoisotopic (exact) mass is 159 g/mol. The lowest BCUT2D eigenvalue weighted by Crippen LogP contribution is -2.30. The summed E-state index contributed by atoms with van der Waals surface area (Å²) >= 11 is 0. The molecule has 66 valence electrons. The van der Waals surface area contributed by atoms with Crippen LogP contribution in [0.25, 0.3) is 0 Å². The molecule has 0 fully saturated rings. The number of carbonyl (C=O) groups is 1. The second-order valence-electron chi connectivity index (χ2n) is 2.54. The Morgan fingerprint density at radius 2 is 2.27 bits per heavy atom. The van der Waals surface area contributed by atoms with Gasteiger partial charge in [0.2, 0.25) is 0 Å². The first-order valence-corrected chi connectivity index (χ1v) is 4.14. The minimum absolute atomic E-state index is 0.00584. The molecule has 0 bridgehead atoms. The number of hydrogen-bond donors (Lipinski definition) is 2. The van der Waals surface area contributed by atoms with Crippen LogP contribution < -0.4 is 5.32 Å². The molecule has 0 saturated carbocycles. The molecular formula is C8H17NO2. The predicted molar refractivity (Wildman–Crippen MR) is 44.5 cm³/mol. The highest BCUT2D eigenvalue weighted by Crippen LogP contribution is 1.88. The molecule has 0 radical (unpaired) electrons. The van der Waals surface area contributed by atoms with Crippen molar-refractivity contribution in [2.75, 3.05) is 13.2 Å². The highest BCUT2D eigenvalue weighted by Gasteiger charge is 2.00. The fraction of sp³-hybridized carbons (Fsp3) is 0.875. The summed E-state index contributed by atoms with van der Waals surface area (Å²) in [5.74, 6) is 0. The standard InChI is InChI=1S/C8H17NO2/c1-2-8(7-11)9-5-3-4-6-10/h7-10H,2-6H2,1H3. The van der Waals surface area contributed by atoms with Gasteiger partial charge < -0.3 is 15.2 Å². The Balaban J connectivity index is 3.14. The van der Waals surface area contributed by atoms with Crippen LogP contribution in [0.1, 0.15) is 26.2 Å². The van der Waals surface area contributed by atoms with E-state index in [0.717, 1.165) is 32.1 Å². The van der Waals surface area contributed by atoms with Crippen LogP contribution >= 0.6 is 0 Å². The molecule has 0 aliphatic rings. The van der Waals surface area contributed by atoms with Crippen LogP contribution in [0, 0.1) is 0 Å². The topological polar surface area (TPSA) is 49.3 Å². The van der Waals surface area contributed by atoms with Crippen LogP contribution in [0.4, 0.5) is 0 Å². The van der Waals surface area contributed by atoms with Gasteiger partial charge in [0, 0.05) is 6.61 Å². The highest BCUT2D eigenvalue weighted by molar-refractivity contribution is 5.57. The van der Waals surface area contributed by atoms with Crippen LogP contribution in [0.3, 0.4) is 0 Å². The molecule has 1 unspecified atom stereocenters. The van der Waals surface area contributed by atoms with E-state index >= 15 is 0 Å². The van der Waals surface area contributed by atoms with Gasteiger partial charge in [-0.3, -0.25) is 0 Å². The van der Waals surface area contributed by atoms with E-state index in [2.05, 4.69) is 5.32 Å². The maximum Gasteiger partial charge on any atom is 0.136 e. The van der Waals surface area contributed by atoms with E-state index < -0.39 is 0 Å². The van der Waals surface area contributed by atoms with Crippen molar-refractivity contribution in [2.24, 2.45) is 0 Å². The number of carbonyl (C=O) groups excluding carboxylic acids is 1. The van der Waals surface area contributed by atoms with Crippen molar-refractivity contribution >= 4 is 6.29 Å². The molecule has 0 aliphatic heterocycles. The molecule has 0 heterocycles. The van der Waals surface area contributed by atoms with Crippen molar-refractivity contribution in [1.29, 1.82) is 0 Å². The number of unbranched alkanes of at least 4 members (excludes halogenated alkanes) is 1. The summed E-state index contributed by atoms with van der Waals surface area (Å²) in [6, 6.07) is -0.00584. The third-order valence-electron chi connectivity index (χ3n) is 1.60. The van der Waals surface area contributed by atoms with Crippen molar-refractivity contribution < 1.29 is 9.90 Å². The first-order valence-electron chi connectivity index (χ1n) is 4.14. The molecular weight excluding hydrogens is 142 g/mol. The Hall–Kier alpha value is -0.410. The molecule has 0 aromatic rings. The molecule has 0 spiro atoms. The summed E-state index contributed by atoms with van der Waals surface area (Å²) in [5, 5.41) is 11.5. The van der Waals surface area contributed by atoms with E-state index in [9.17, 15) is 4.79 Å². The Morgan fingerprint density at radius 1 is 1.55 bits per heavy atom. The van der Waals surface area contributed by atoms with Crippen LogP contribution in [-0.2, 0) is 4.79 Å². The number of aliphatic hydroxyl groups excluding tert-OH is 1. The average molecular weight is 159 g/mol. The number of rotatable bonds is 7. The zero-order valence-corrected chi connectivity index (χ0v) is 7.05. The lowest BCUT2D eigenvalue weighted by molar-refractivity contribution is -0.109. The normalized spacial score (nSPS) is 12.9. The van der Waals surface area contributed by atoms with E-state index in [1.807, 2.05) is 6.92 Å². The molecule has 0 rings (SSSR count). The fourth-order valence-corrected chi connectivity index (χ4v) is 0.813. The van der Waals surface area contributed by atoms with Crippen molar-refractivity contribution in [3.8, 4) is 0 Å². The first-order chi connectivity index (χ1) is 5.35. The first kappa shape index (κ1) is 10.6. The van der Waals surface area contributed by atoms with Gasteiger partial charge in [-0.15, -0.1) is 0 Å². The fourth-order valence-electron chi connectivity index (χ4n) is 0.813. The SMILES string of the molecule is CCC(C=O)NCCCCO. The number of hydrogen-bond acceptors (Lipinski definition) is 3. The Morgan fingerprint density at radius 3 is 2.73 bits per heavy atom. The quantitative estimate of drug-likeness (QED) is 0.415. The molecule has 2 N–H and O–H groups in total. The van der Waals surface area contributed by atoms with Crippen molar-refractivity contribution in [2.45, 2.75) is 32.2 Å². The van der Waals surface area contributed by atoms with Gasteiger partial charge >= 0.3 is 0 Å². The summed E-state index contributed by atoms with van der Waals surface area (Å²) in [4.78, 5) is 10.3. The summed E-state index contributed by atoms with van der Waals surface area (Å²) in [5.41, 5.74) is 0. The molecule has 3 nitrogen and oxygen atoms in total. The summed E-state index contributed by atoms with van der Waals surface area (Å²) in [7, 11) is 0. The van der Waals surface area contributed by atoms with E-state index in [1.165, 1.54) is 0 Å².